The van der Waals surface area contributed by atoms with Crippen molar-refractivity contribution in [3.8, 4) is 0 Å². The summed E-state index contributed by atoms with van der Waals surface area (Å²) in [5, 5.41) is 0. The Labute approximate surface area is 95.3 Å². The average molecular weight is 223 g/mol. The molecule has 0 fully saturated rings. The predicted octanol–water partition coefficient (Wildman–Crippen LogP) is 1.45. The summed E-state index contributed by atoms with van der Waals surface area (Å²) in [6, 6.07) is 0. The van der Waals surface area contributed by atoms with Crippen LogP contribution in [0.5, 0.6) is 0 Å². The van der Waals surface area contributed by atoms with Crippen LogP contribution in [0.2, 0.25) is 0 Å². The number of carbonyl (C=O) groups excluding carboxylic acids is 3. The highest BCUT2D eigenvalue weighted by Crippen LogP contribution is 2.07. The number of hydrogen-bond acceptors (Lipinski definition) is 3. The third kappa shape index (κ3) is 3.61. The molecule has 2 amide bonds. The van der Waals surface area contributed by atoms with Crippen molar-refractivity contribution < 1.29 is 14.4 Å². The Kier molecular flexibility index (Phi) is 4.89. The highest BCUT2D eigenvalue weighted by Gasteiger charge is 2.22. The zero-order valence-electron chi connectivity index (χ0n) is 9.57. The molecule has 4 nitrogen and oxygen atoms in total. The van der Waals surface area contributed by atoms with Gasteiger partial charge in [-0.1, -0.05) is 13.3 Å². The van der Waals surface area contributed by atoms with Crippen LogP contribution >= 0.6 is 0 Å². The maximum Gasteiger partial charge on any atom is 0.253 e. The Morgan fingerprint density at radius 1 is 1.12 bits per heavy atom. The van der Waals surface area contributed by atoms with Gasteiger partial charge in [0.15, 0.2) is 0 Å². The summed E-state index contributed by atoms with van der Waals surface area (Å²) >= 11 is 0. The second-order valence-corrected chi connectivity index (χ2v) is 3.91. The molecule has 1 aliphatic heterocycles. The Morgan fingerprint density at radius 3 is 2.25 bits per heavy atom. The molecule has 1 aliphatic rings. The second-order valence-electron chi connectivity index (χ2n) is 3.91. The van der Waals surface area contributed by atoms with E-state index in [0.29, 0.717) is 25.8 Å². The first-order chi connectivity index (χ1) is 7.65. The predicted molar refractivity (Wildman–Crippen MR) is 59.6 cm³/mol. The second kappa shape index (κ2) is 6.20. The number of unbranched alkanes of at least 4 members (excludes halogenated alkanes) is 1. The smallest absolute Gasteiger partial charge is 0.253 e. The Morgan fingerprint density at radius 2 is 1.69 bits per heavy atom. The van der Waals surface area contributed by atoms with Crippen molar-refractivity contribution in [1.29, 1.82) is 0 Å². The van der Waals surface area contributed by atoms with Crippen molar-refractivity contribution in [1.82, 2.24) is 4.90 Å². The molecule has 0 saturated carbocycles. The first kappa shape index (κ1) is 12.6. The Balaban J connectivity index is 2.18. The van der Waals surface area contributed by atoms with Crippen LogP contribution in [0.15, 0.2) is 12.2 Å². The third-order valence-electron chi connectivity index (χ3n) is 2.55. The molecule has 0 spiro atoms. The van der Waals surface area contributed by atoms with Crippen LogP contribution in [-0.2, 0) is 14.4 Å². The van der Waals surface area contributed by atoms with Gasteiger partial charge in [0.05, 0.1) is 0 Å². The van der Waals surface area contributed by atoms with E-state index in [-0.39, 0.29) is 17.6 Å². The number of ketones is 1. The fourth-order valence-corrected chi connectivity index (χ4v) is 1.58. The molecular weight excluding hydrogens is 206 g/mol. The molecule has 1 heterocycles. The van der Waals surface area contributed by atoms with E-state index < -0.39 is 0 Å². The van der Waals surface area contributed by atoms with Gasteiger partial charge in [-0.2, -0.15) is 0 Å². The fourth-order valence-electron chi connectivity index (χ4n) is 1.58. The van der Waals surface area contributed by atoms with Crippen molar-refractivity contribution in [3.63, 3.8) is 0 Å². The van der Waals surface area contributed by atoms with Crippen LogP contribution in [0.25, 0.3) is 0 Å². The summed E-state index contributed by atoms with van der Waals surface area (Å²) in [6.07, 6.45) is 6.10. The van der Waals surface area contributed by atoms with E-state index in [4.69, 9.17) is 0 Å². The molecule has 0 saturated heterocycles. The zero-order chi connectivity index (χ0) is 12.0. The molecule has 0 atom stereocenters. The van der Waals surface area contributed by atoms with E-state index in [9.17, 15) is 14.4 Å². The topological polar surface area (TPSA) is 54.5 Å². The molecule has 0 unspecified atom stereocenters. The van der Waals surface area contributed by atoms with Crippen LogP contribution in [-0.4, -0.2) is 29.0 Å². The maximum absolute atomic E-state index is 11.3. The van der Waals surface area contributed by atoms with Crippen LogP contribution in [0.3, 0.4) is 0 Å². The normalized spacial score (nSPS) is 14.9. The van der Waals surface area contributed by atoms with Crippen LogP contribution in [0.1, 0.15) is 39.0 Å². The minimum atomic E-state index is -0.272. The maximum atomic E-state index is 11.3. The van der Waals surface area contributed by atoms with Crippen molar-refractivity contribution in [2.24, 2.45) is 0 Å². The molecule has 0 bridgehead atoms. The lowest BCUT2D eigenvalue weighted by atomic mass is 10.1. The standard InChI is InChI=1S/C12H17NO3/c1-2-3-5-10(14)6-4-9-13-11(15)7-8-12(13)16/h7-8H,2-6,9H2,1H3. The Hall–Kier alpha value is -1.45. The lowest BCUT2D eigenvalue weighted by molar-refractivity contribution is -0.137. The first-order valence-electron chi connectivity index (χ1n) is 5.70. The van der Waals surface area contributed by atoms with E-state index in [0.717, 1.165) is 12.8 Å². The summed E-state index contributed by atoms with van der Waals surface area (Å²) in [7, 11) is 0. The van der Waals surface area contributed by atoms with Crippen molar-refractivity contribution in [3.05, 3.63) is 12.2 Å². The third-order valence-corrected chi connectivity index (χ3v) is 2.55. The average Bonchev–Trinajstić information content (AvgIpc) is 2.57. The van der Waals surface area contributed by atoms with Gasteiger partial charge >= 0.3 is 0 Å². The number of nitrogens with zero attached hydrogens (tertiary/aromatic N) is 1. The van der Waals surface area contributed by atoms with Crippen molar-refractivity contribution in [2.45, 2.75) is 39.0 Å². The lowest BCUT2D eigenvalue weighted by Crippen LogP contribution is -2.31. The molecule has 1 rings (SSSR count). The molecule has 0 radical (unpaired) electrons. The monoisotopic (exact) mass is 223 g/mol. The summed E-state index contributed by atoms with van der Waals surface area (Å²) < 4.78 is 0. The Bertz CT molecular complexity index is 302. The summed E-state index contributed by atoms with van der Waals surface area (Å²) in [6.45, 7) is 2.39. The van der Waals surface area contributed by atoms with Crippen LogP contribution in [0, 0.1) is 0 Å². The summed E-state index contributed by atoms with van der Waals surface area (Å²) in [5.41, 5.74) is 0. The van der Waals surface area contributed by atoms with E-state index >= 15 is 0 Å². The largest absolute Gasteiger partial charge is 0.300 e. The van der Waals surface area contributed by atoms with Gasteiger partial charge in [0, 0.05) is 31.5 Å². The quantitative estimate of drug-likeness (QED) is 0.614. The van der Waals surface area contributed by atoms with Gasteiger partial charge in [-0.3, -0.25) is 19.3 Å². The van der Waals surface area contributed by atoms with E-state index in [1.165, 1.54) is 17.1 Å². The van der Waals surface area contributed by atoms with Gasteiger partial charge < -0.3 is 0 Å². The number of carbonyl (C=O) groups is 3. The molecule has 0 aromatic rings. The minimum Gasteiger partial charge on any atom is -0.300 e. The SMILES string of the molecule is CCCCC(=O)CCCN1C(=O)C=CC1=O. The van der Waals surface area contributed by atoms with Gasteiger partial charge in [-0.15, -0.1) is 0 Å². The van der Waals surface area contributed by atoms with Gasteiger partial charge in [0.25, 0.3) is 11.8 Å². The van der Waals surface area contributed by atoms with Gasteiger partial charge in [-0.25, -0.2) is 0 Å². The molecule has 0 aliphatic carbocycles. The van der Waals surface area contributed by atoms with Crippen molar-refractivity contribution >= 4 is 17.6 Å². The number of hydrogen-bond donors (Lipinski definition) is 0. The number of rotatable bonds is 7. The summed E-state index contributed by atoms with van der Waals surface area (Å²) in [4.78, 5) is 34.8. The molecule has 88 valence electrons. The molecule has 4 heteroatoms. The van der Waals surface area contributed by atoms with Gasteiger partial charge in [0.2, 0.25) is 0 Å². The van der Waals surface area contributed by atoms with Gasteiger partial charge in [-0.05, 0) is 12.8 Å². The van der Waals surface area contributed by atoms with Crippen LogP contribution < -0.4 is 0 Å². The summed E-state index contributed by atoms with van der Waals surface area (Å²) in [5.74, 6) is -0.328. The highest BCUT2D eigenvalue weighted by molar-refractivity contribution is 6.12. The van der Waals surface area contributed by atoms with E-state index in [1.54, 1.807) is 0 Å². The highest BCUT2D eigenvalue weighted by atomic mass is 16.2. The molecule has 0 N–H and O–H groups in total. The molecule has 0 aromatic carbocycles. The molecule has 0 aromatic heterocycles. The van der Waals surface area contributed by atoms with Crippen LogP contribution in [0.4, 0.5) is 0 Å². The fraction of sp³-hybridized carbons (Fsp3) is 0.583. The number of amides is 2. The van der Waals surface area contributed by atoms with E-state index in [1.807, 2.05) is 6.92 Å². The van der Waals surface area contributed by atoms with Gasteiger partial charge in [0.1, 0.15) is 5.78 Å². The van der Waals surface area contributed by atoms with Crippen molar-refractivity contribution in [2.75, 3.05) is 6.54 Å². The zero-order valence-corrected chi connectivity index (χ0v) is 9.57. The van der Waals surface area contributed by atoms with E-state index in [2.05, 4.69) is 0 Å². The molecular formula is C12H17NO3. The first-order valence-corrected chi connectivity index (χ1v) is 5.70. The molecule has 16 heavy (non-hydrogen) atoms. The lowest BCUT2D eigenvalue weighted by Gasteiger charge is -2.12. The minimum absolute atomic E-state index is 0.217. The number of Topliss-reactive ketones (excluding diaryl/α,β-unsaturated/α-hetero) is 1. The number of imide groups is 1.